The van der Waals surface area contributed by atoms with Crippen molar-refractivity contribution < 1.29 is 19.4 Å². The van der Waals surface area contributed by atoms with Gasteiger partial charge in [0.05, 0.1) is 0 Å². The smallest absolute Gasteiger partial charge is 0.330 e. The van der Waals surface area contributed by atoms with E-state index in [9.17, 15) is 9.59 Å². The number of hydrogen-bond acceptors (Lipinski definition) is 6. The highest BCUT2D eigenvalue weighted by Crippen LogP contribution is 2.00. The molecule has 0 aromatic carbocycles. The molecule has 0 aromatic heterocycles. The Morgan fingerprint density at radius 3 is 2.45 bits per heavy atom. The number of nitrogens with two attached hydrogens (primary N) is 2. The number of carbonyl (C=O) groups is 2. The van der Waals surface area contributed by atoms with Gasteiger partial charge in [-0.2, -0.15) is 0 Å². The molecule has 112 valence electrons. The van der Waals surface area contributed by atoms with E-state index in [0.29, 0.717) is 13.0 Å². The van der Waals surface area contributed by atoms with Crippen molar-refractivity contribution in [1.82, 2.24) is 0 Å². The van der Waals surface area contributed by atoms with Crippen LogP contribution in [-0.2, 0) is 19.4 Å². The molecule has 0 saturated carbocycles. The van der Waals surface area contributed by atoms with Gasteiger partial charge >= 0.3 is 11.9 Å². The van der Waals surface area contributed by atoms with E-state index in [-0.39, 0.29) is 0 Å². The van der Waals surface area contributed by atoms with Crippen LogP contribution < -0.4 is 11.5 Å². The lowest BCUT2D eigenvalue weighted by Gasteiger charge is -2.08. The fraction of sp³-hybridized carbons (Fsp3) is 0.429. The third kappa shape index (κ3) is 10.0. The maximum atomic E-state index is 11.4. The predicted molar refractivity (Wildman–Crippen MR) is 76.2 cm³/mol. The first-order chi connectivity index (χ1) is 9.61. The molecule has 6 nitrogen and oxygen atoms in total. The fourth-order valence-corrected chi connectivity index (χ4v) is 1.17. The van der Waals surface area contributed by atoms with Crippen LogP contribution in [0.25, 0.3) is 0 Å². The summed E-state index contributed by atoms with van der Waals surface area (Å²) in [5.41, 5.74) is 10.9. The Bertz CT molecular complexity index is 375. The van der Waals surface area contributed by atoms with Gasteiger partial charge in [-0.3, -0.25) is 0 Å². The highest BCUT2D eigenvalue weighted by Gasteiger charge is 2.17. The Hall–Kier alpha value is -1.92. The van der Waals surface area contributed by atoms with Crippen molar-refractivity contribution in [3.05, 3.63) is 36.5 Å². The van der Waals surface area contributed by atoms with Crippen LogP contribution in [0.3, 0.4) is 0 Å². The lowest BCUT2D eigenvalue weighted by molar-refractivity contribution is -0.256. The molecule has 1 unspecified atom stereocenters. The Morgan fingerprint density at radius 1 is 1.10 bits per heavy atom. The standard InChI is InChI=1S/C14H22N2O4/c1-2-3-4-5-6-10-13(17)19-20-14(18)12(16)9-7-8-11-15/h2-6,10,12H,7-9,11,15-16H2,1H3/b3-2+,5-4+,10-6+. The van der Waals surface area contributed by atoms with Gasteiger partial charge in [0.1, 0.15) is 6.04 Å². The second kappa shape index (κ2) is 12.1. The van der Waals surface area contributed by atoms with Crippen LogP contribution >= 0.6 is 0 Å². The van der Waals surface area contributed by atoms with Crippen LogP contribution in [0, 0.1) is 0 Å². The molecule has 0 fully saturated rings. The second-order valence-electron chi connectivity index (χ2n) is 3.97. The average molecular weight is 282 g/mol. The summed E-state index contributed by atoms with van der Waals surface area (Å²) in [6.07, 6.45) is 11.6. The number of allylic oxidation sites excluding steroid dienone is 5. The highest BCUT2D eigenvalue weighted by molar-refractivity contribution is 5.83. The van der Waals surface area contributed by atoms with Gasteiger partial charge in [-0.15, -0.1) is 0 Å². The Kier molecular flexibility index (Phi) is 11.0. The molecule has 0 aromatic rings. The van der Waals surface area contributed by atoms with E-state index in [1.807, 2.05) is 13.0 Å². The van der Waals surface area contributed by atoms with Crippen molar-refractivity contribution in [3.63, 3.8) is 0 Å². The van der Waals surface area contributed by atoms with Crippen molar-refractivity contribution in [2.24, 2.45) is 11.5 Å². The number of hydrogen-bond donors (Lipinski definition) is 2. The zero-order valence-electron chi connectivity index (χ0n) is 11.7. The summed E-state index contributed by atoms with van der Waals surface area (Å²) in [4.78, 5) is 31.2. The maximum absolute atomic E-state index is 11.4. The molecule has 0 heterocycles. The monoisotopic (exact) mass is 282 g/mol. The van der Waals surface area contributed by atoms with Crippen molar-refractivity contribution in [2.75, 3.05) is 6.54 Å². The lowest BCUT2D eigenvalue weighted by atomic mass is 10.1. The van der Waals surface area contributed by atoms with Gasteiger partial charge in [0.2, 0.25) is 0 Å². The van der Waals surface area contributed by atoms with Crippen LogP contribution in [0.1, 0.15) is 26.2 Å². The Labute approximate surface area is 119 Å². The van der Waals surface area contributed by atoms with Gasteiger partial charge in [0.25, 0.3) is 0 Å². The molecule has 0 radical (unpaired) electrons. The molecule has 1 atom stereocenters. The summed E-state index contributed by atoms with van der Waals surface area (Å²) in [6.45, 7) is 2.42. The van der Waals surface area contributed by atoms with Crippen molar-refractivity contribution in [1.29, 1.82) is 0 Å². The maximum Gasteiger partial charge on any atom is 0.379 e. The molecule has 0 amide bonds. The van der Waals surface area contributed by atoms with Gasteiger partial charge in [0, 0.05) is 6.08 Å². The summed E-state index contributed by atoms with van der Waals surface area (Å²) in [6, 6.07) is -0.812. The van der Waals surface area contributed by atoms with Gasteiger partial charge in [-0.1, -0.05) is 36.8 Å². The summed E-state index contributed by atoms with van der Waals surface area (Å²) < 4.78 is 0. The molecule has 0 saturated heterocycles. The van der Waals surface area contributed by atoms with Crippen molar-refractivity contribution in [2.45, 2.75) is 32.2 Å². The van der Waals surface area contributed by atoms with E-state index in [1.165, 1.54) is 6.08 Å². The summed E-state index contributed by atoms with van der Waals surface area (Å²) in [5, 5.41) is 0. The SMILES string of the molecule is C/C=C/C=C/C=C/C(=O)OOC(=O)C(N)CCCCN. The van der Waals surface area contributed by atoms with E-state index < -0.39 is 18.0 Å². The average Bonchev–Trinajstić information content (AvgIpc) is 2.44. The van der Waals surface area contributed by atoms with Crippen molar-refractivity contribution >= 4 is 11.9 Å². The molecule has 4 N–H and O–H groups in total. The fourth-order valence-electron chi connectivity index (χ4n) is 1.17. The summed E-state index contributed by atoms with van der Waals surface area (Å²) in [7, 11) is 0. The van der Waals surface area contributed by atoms with E-state index in [2.05, 4.69) is 9.78 Å². The molecule has 0 aliphatic carbocycles. The quantitative estimate of drug-likeness (QED) is 0.227. The lowest BCUT2D eigenvalue weighted by Crippen LogP contribution is -2.32. The molecular weight excluding hydrogens is 260 g/mol. The van der Waals surface area contributed by atoms with Gasteiger partial charge < -0.3 is 11.5 Å². The topological polar surface area (TPSA) is 105 Å². The van der Waals surface area contributed by atoms with E-state index >= 15 is 0 Å². The molecule has 0 aliphatic rings. The summed E-state index contributed by atoms with van der Waals surface area (Å²) >= 11 is 0. The Morgan fingerprint density at radius 2 is 1.80 bits per heavy atom. The molecule has 20 heavy (non-hydrogen) atoms. The van der Waals surface area contributed by atoms with E-state index in [0.717, 1.165) is 18.9 Å². The first-order valence-corrected chi connectivity index (χ1v) is 6.45. The van der Waals surface area contributed by atoms with Crippen LogP contribution in [0.2, 0.25) is 0 Å². The minimum Gasteiger partial charge on any atom is -0.330 e. The molecule has 6 heteroatoms. The van der Waals surface area contributed by atoms with Crippen LogP contribution in [0.4, 0.5) is 0 Å². The molecule has 0 bridgehead atoms. The second-order valence-corrected chi connectivity index (χ2v) is 3.97. The van der Waals surface area contributed by atoms with Crippen molar-refractivity contribution in [3.8, 4) is 0 Å². The molecule has 0 aliphatic heterocycles. The highest BCUT2D eigenvalue weighted by atomic mass is 17.2. The first kappa shape index (κ1) is 18.1. The first-order valence-electron chi connectivity index (χ1n) is 6.45. The van der Waals surface area contributed by atoms with Gasteiger partial charge in [-0.25, -0.2) is 19.4 Å². The molecular formula is C14H22N2O4. The number of rotatable bonds is 8. The van der Waals surface area contributed by atoms with Crippen LogP contribution in [0.5, 0.6) is 0 Å². The zero-order valence-corrected chi connectivity index (χ0v) is 11.7. The molecule has 0 rings (SSSR count). The number of carbonyl (C=O) groups excluding carboxylic acids is 2. The van der Waals surface area contributed by atoms with Gasteiger partial charge in [0.15, 0.2) is 0 Å². The minimum absolute atomic E-state index is 0.440. The Balaban J connectivity index is 3.90. The molecule has 0 spiro atoms. The third-order valence-electron chi connectivity index (χ3n) is 2.24. The van der Waals surface area contributed by atoms with Crippen LogP contribution in [-0.4, -0.2) is 24.5 Å². The normalized spacial score (nSPS) is 13.2. The zero-order chi connectivity index (χ0) is 15.2. The minimum atomic E-state index is -0.812. The third-order valence-corrected chi connectivity index (χ3v) is 2.24. The predicted octanol–water partition coefficient (Wildman–Crippen LogP) is 1.13. The van der Waals surface area contributed by atoms with E-state index in [1.54, 1.807) is 18.2 Å². The largest absolute Gasteiger partial charge is 0.379 e. The van der Waals surface area contributed by atoms with E-state index in [4.69, 9.17) is 11.5 Å². The summed E-state index contributed by atoms with van der Waals surface area (Å²) in [5.74, 6) is -1.55. The number of unbranched alkanes of at least 4 members (excludes halogenated alkanes) is 1. The van der Waals surface area contributed by atoms with Crippen LogP contribution in [0.15, 0.2) is 36.5 Å². The van der Waals surface area contributed by atoms with Gasteiger partial charge in [-0.05, 0) is 26.3 Å².